The van der Waals surface area contributed by atoms with Crippen molar-refractivity contribution in [2.24, 2.45) is 0 Å². The van der Waals surface area contributed by atoms with E-state index in [-0.39, 0.29) is 12.4 Å². The largest absolute Gasteiger partial charge is 0.460 e. The minimum absolute atomic E-state index is 0.235. The molecule has 1 heterocycles. The molecular formula is C12H17NO2. The van der Waals surface area contributed by atoms with Gasteiger partial charge < -0.3 is 4.74 Å². The van der Waals surface area contributed by atoms with Gasteiger partial charge in [0.25, 0.3) is 0 Å². The lowest BCUT2D eigenvalue weighted by Gasteiger charge is -2.19. The molecule has 0 bridgehead atoms. The molecule has 0 saturated carbocycles. The average molecular weight is 207 g/mol. The summed E-state index contributed by atoms with van der Waals surface area (Å²) in [5, 5.41) is 0. The fourth-order valence-electron chi connectivity index (χ4n) is 1.22. The summed E-state index contributed by atoms with van der Waals surface area (Å²) in [6, 6.07) is 5.62. The van der Waals surface area contributed by atoms with Crippen LogP contribution in [0, 0.1) is 6.92 Å². The molecule has 0 aliphatic rings. The monoisotopic (exact) mass is 207 g/mol. The number of aryl methyl sites for hydroxylation is 1. The molecular weight excluding hydrogens is 190 g/mol. The van der Waals surface area contributed by atoms with Crippen LogP contribution in [-0.2, 0) is 16.0 Å². The molecule has 0 saturated heterocycles. The standard InChI is InChI=1S/C12H17NO2/c1-9-6-5-7-10(13-9)8-11(14)15-12(2,3)4/h5-7H,8H2,1-4H3. The number of pyridine rings is 1. The van der Waals surface area contributed by atoms with Gasteiger partial charge in [0.2, 0.25) is 0 Å². The predicted octanol–water partition coefficient (Wildman–Crippen LogP) is 2.27. The molecule has 0 N–H and O–H groups in total. The van der Waals surface area contributed by atoms with Gasteiger partial charge in [0.05, 0.1) is 12.1 Å². The number of carbonyl (C=O) groups excluding carboxylic acids is 1. The Hall–Kier alpha value is -1.38. The second kappa shape index (κ2) is 4.43. The zero-order valence-electron chi connectivity index (χ0n) is 9.70. The Morgan fingerprint density at radius 1 is 1.40 bits per heavy atom. The molecule has 0 radical (unpaired) electrons. The van der Waals surface area contributed by atoms with E-state index in [0.29, 0.717) is 0 Å². The van der Waals surface area contributed by atoms with Crippen molar-refractivity contribution in [3.05, 3.63) is 29.6 Å². The topological polar surface area (TPSA) is 39.2 Å². The SMILES string of the molecule is Cc1cccc(CC(=O)OC(C)(C)C)n1. The third-order valence-corrected chi connectivity index (χ3v) is 1.69. The maximum Gasteiger partial charge on any atom is 0.312 e. The van der Waals surface area contributed by atoms with E-state index in [1.165, 1.54) is 0 Å². The lowest BCUT2D eigenvalue weighted by molar-refractivity contribution is -0.153. The van der Waals surface area contributed by atoms with Gasteiger partial charge in [-0.15, -0.1) is 0 Å². The van der Waals surface area contributed by atoms with E-state index in [1.54, 1.807) is 0 Å². The highest BCUT2D eigenvalue weighted by atomic mass is 16.6. The zero-order valence-corrected chi connectivity index (χ0v) is 9.70. The number of hydrogen-bond acceptors (Lipinski definition) is 3. The summed E-state index contributed by atoms with van der Waals surface area (Å²) in [6.07, 6.45) is 0.235. The summed E-state index contributed by atoms with van der Waals surface area (Å²) in [7, 11) is 0. The van der Waals surface area contributed by atoms with Crippen LogP contribution in [0.3, 0.4) is 0 Å². The lowest BCUT2D eigenvalue weighted by atomic mass is 10.2. The Bertz CT molecular complexity index is 353. The van der Waals surface area contributed by atoms with Gasteiger partial charge in [-0.3, -0.25) is 9.78 Å². The minimum Gasteiger partial charge on any atom is -0.460 e. The van der Waals surface area contributed by atoms with Gasteiger partial charge in [0.15, 0.2) is 0 Å². The smallest absolute Gasteiger partial charge is 0.312 e. The normalized spacial score (nSPS) is 11.2. The summed E-state index contributed by atoms with van der Waals surface area (Å²) >= 11 is 0. The summed E-state index contributed by atoms with van der Waals surface area (Å²) in [6.45, 7) is 7.47. The first-order chi connectivity index (χ1) is 6.87. The molecule has 82 valence electrons. The van der Waals surface area contributed by atoms with Crippen LogP contribution >= 0.6 is 0 Å². The van der Waals surface area contributed by atoms with E-state index >= 15 is 0 Å². The van der Waals surface area contributed by atoms with Crippen LogP contribution in [0.25, 0.3) is 0 Å². The molecule has 1 aromatic heterocycles. The maximum absolute atomic E-state index is 11.5. The van der Waals surface area contributed by atoms with E-state index in [2.05, 4.69) is 4.98 Å². The van der Waals surface area contributed by atoms with Gasteiger partial charge in [-0.1, -0.05) is 6.07 Å². The Kier molecular flexibility index (Phi) is 3.45. The van der Waals surface area contributed by atoms with Gasteiger partial charge in [-0.25, -0.2) is 0 Å². The van der Waals surface area contributed by atoms with E-state index in [4.69, 9.17) is 4.74 Å². The van der Waals surface area contributed by atoms with E-state index < -0.39 is 5.60 Å². The number of carbonyl (C=O) groups is 1. The molecule has 0 unspecified atom stereocenters. The van der Waals surface area contributed by atoms with Crippen molar-refractivity contribution in [2.45, 2.75) is 39.7 Å². The van der Waals surface area contributed by atoms with Gasteiger partial charge >= 0.3 is 5.97 Å². The third kappa shape index (κ3) is 4.58. The van der Waals surface area contributed by atoms with Crippen molar-refractivity contribution in [1.29, 1.82) is 0 Å². The van der Waals surface area contributed by atoms with E-state index in [0.717, 1.165) is 11.4 Å². The molecule has 0 atom stereocenters. The maximum atomic E-state index is 11.5. The minimum atomic E-state index is -0.430. The fourth-order valence-corrected chi connectivity index (χ4v) is 1.22. The molecule has 1 rings (SSSR count). The van der Waals surface area contributed by atoms with Crippen LogP contribution in [0.5, 0.6) is 0 Å². The van der Waals surface area contributed by atoms with Crippen molar-refractivity contribution in [3.8, 4) is 0 Å². The van der Waals surface area contributed by atoms with Crippen molar-refractivity contribution >= 4 is 5.97 Å². The van der Waals surface area contributed by atoms with Crippen molar-refractivity contribution < 1.29 is 9.53 Å². The number of rotatable bonds is 2. The Labute approximate surface area is 90.5 Å². The highest BCUT2D eigenvalue weighted by Crippen LogP contribution is 2.09. The summed E-state index contributed by atoms with van der Waals surface area (Å²) < 4.78 is 5.20. The van der Waals surface area contributed by atoms with Gasteiger partial charge in [0.1, 0.15) is 5.60 Å². The Morgan fingerprint density at radius 2 is 2.07 bits per heavy atom. The summed E-state index contributed by atoms with van der Waals surface area (Å²) in [4.78, 5) is 15.7. The van der Waals surface area contributed by atoms with Gasteiger partial charge in [-0.2, -0.15) is 0 Å². The second-order valence-corrected chi connectivity index (χ2v) is 4.53. The average Bonchev–Trinajstić information content (AvgIpc) is 1.99. The number of nitrogens with zero attached hydrogens (tertiary/aromatic N) is 1. The first-order valence-electron chi connectivity index (χ1n) is 5.01. The van der Waals surface area contributed by atoms with Crippen LogP contribution in [-0.4, -0.2) is 16.6 Å². The first-order valence-corrected chi connectivity index (χ1v) is 5.01. The molecule has 0 amide bonds. The van der Waals surface area contributed by atoms with Crippen LogP contribution in [0.1, 0.15) is 32.2 Å². The first kappa shape index (κ1) is 11.7. The molecule has 3 nitrogen and oxygen atoms in total. The Balaban J connectivity index is 2.59. The highest BCUT2D eigenvalue weighted by molar-refractivity contribution is 5.72. The molecule has 0 aromatic carbocycles. The van der Waals surface area contributed by atoms with Gasteiger partial charge in [-0.05, 0) is 39.8 Å². The molecule has 15 heavy (non-hydrogen) atoms. The van der Waals surface area contributed by atoms with Crippen molar-refractivity contribution in [2.75, 3.05) is 0 Å². The van der Waals surface area contributed by atoms with Crippen LogP contribution < -0.4 is 0 Å². The lowest BCUT2D eigenvalue weighted by Crippen LogP contribution is -2.25. The predicted molar refractivity (Wildman–Crippen MR) is 58.5 cm³/mol. The van der Waals surface area contributed by atoms with Crippen LogP contribution in [0.15, 0.2) is 18.2 Å². The zero-order chi connectivity index (χ0) is 11.5. The molecule has 0 aliphatic heterocycles. The fraction of sp³-hybridized carbons (Fsp3) is 0.500. The number of hydrogen-bond donors (Lipinski definition) is 0. The number of aromatic nitrogens is 1. The quantitative estimate of drug-likeness (QED) is 0.698. The third-order valence-electron chi connectivity index (χ3n) is 1.69. The summed E-state index contributed by atoms with van der Waals surface area (Å²) in [5.41, 5.74) is 1.24. The molecule has 1 aromatic rings. The van der Waals surface area contributed by atoms with Crippen molar-refractivity contribution in [3.63, 3.8) is 0 Å². The van der Waals surface area contributed by atoms with E-state index in [1.807, 2.05) is 45.9 Å². The molecule has 3 heteroatoms. The van der Waals surface area contributed by atoms with Gasteiger partial charge in [0, 0.05) is 5.69 Å². The van der Waals surface area contributed by atoms with E-state index in [9.17, 15) is 4.79 Å². The second-order valence-electron chi connectivity index (χ2n) is 4.53. The summed E-state index contributed by atoms with van der Waals surface area (Å²) in [5.74, 6) is -0.236. The van der Waals surface area contributed by atoms with Crippen LogP contribution in [0.4, 0.5) is 0 Å². The molecule has 0 spiro atoms. The van der Waals surface area contributed by atoms with Crippen LogP contribution in [0.2, 0.25) is 0 Å². The molecule has 0 aliphatic carbocycles. The highest BCUT2D eigenvalue weighted by Gasteiger charge is 2.16. The Morgan fingerprint density at radius 3 is 2.60 bits per heavy atom. The number of esters is 1. The van der Waals surface area contributed by atoms with Crippen molar-refractivity contribution in [1.82, 2.24) is 4.98 Å². The molecule has 0 fully saturated rings. The number of ether oxygens (including phenoxy) is 1.